The van der Waals surface area contributed by atoms with Gasteiger partial charge in [-0.25, -0.2) is 0 Å². The molecule has 0 aliphatic heterocycles. The number of hydrogen-bond donors (Lipinski definition) is 1. The molecular formula is C18H15IN2. The Morgan fingerprint density at radius 3 is 2.24 bits per heavy atom. The molecular weight excluding hydrogens is 371 g/mol. The van der Waals surface area contributed by atoms with Crippen LogP contribution in [0.1, 0.15) is 17.3 Å². The third-order valence-electron chi connectivity index (χ3n) is 3.29. The van der Waals surface area contributed by atoms with Gasteiger partial charge >= 0.3 is 0 Å². The van der Waals surface area contributed by atoms with Crippen LogP contribution in [-0.2, 0) is 0 Å². The topological polar surface area (TPSA) is 24.9 Å². The van der Waals surface area contributed by atoms with Gasteiger partial charge in [-0.05, 0) is 52.4 Å². The van der Waals surface area contributed by atoms with E-state index in [9.17, 15) is 0 Å². The maximum absolute atomic E-state index is 4.52. The fourth-order valence-electron chi connectivity index (χ4n) is 2.25. The highest BCUT2D eigenvalue weighted by molar-refractivity contribution is 14.1. The molecule has 0 radical (unpaired) electrons. The molecule has 0 saturated heterocycles. The molecule has 0 fully saturated rings. The molecule has 104 valence electrons. The Bertz CT molecular complexity index is 659. The van der Waals surface area contributed by atoms with Crippen molar-refractivity contribution in [3.63, 3.8) is 0 Å². The normalized spacial score (nSPS) is 11.9. The third-order valence-corrected chi connectivity index (χ3v) is 4.23. The molecule has 0 aliphatic carbocycles. The van der Waals surface area contributed by atoms with E-state index in [1.54, 1.807) is 0 Å². The van der Waals surface area contributed by atoms with Gasteiger partial charge in [-0.1, -0.05) is 48.5 Å². The number of hydrogen-bond acceptors (Lipinski definition) is 2. The van der Waals surface area contributed by atoms with Gasteiger partial charge in [-0.15, -0.1) is 0 Å². The molecule has 3 rings (SSSR count). The van der Waals surface area contributed by atoms with E-state index < -0.39 is 0 Å². The van der Waals surface area contributed by atoms with Gasteiger partial charge in [-0.3, -0.25) is 4.98 Å². The number of para-hydroxylation sites is 1. The van der Waals surface area contributed by atoms with Gasteiger partial charge in [0.2, 0.25) is 0 Å². The summed E-state index contributed by atoms with van der Waals surface area (Å²) >= 11 is 2.35. The summed E-state index contributed by atoms with van der Waals surface area (Å²) in [4.78, 5) is 4.52. The minimum Gasteiger partial charge on any atom is -0.372 e. The van der Waals surface area contributed by atoms with Crippen LogP contribution in [0, 0.1) is 3.57 Å². The predicted molar refractivity (Wildman–Crippen MR) is 95.3 cm³/mol. The van der Waals surface area contributed by atoms with Crippen molar-refractivity contribution in [2.75, 3.05) is 5.32 Å². The molecule has 0 amide bonds. The molecule has 3 heteroatoms. The van der Waals surface area contributed by atoms with Crippen LogP contribution >= 0.6 is 22.6 Å². The van der Waals surface area contributed by atoms with Crippen molar-refractivity contribution in [3.8, 4) is 0 Å². The summed E-state index contributed by atoms with van der Waals surface area (Å²) < 4.78 is 1.20. The molecule has 1 heterocycles. The molecule has 1 atom stereocenters. The van der Waals surface area contributed by atoms with Crippen LogP contribution in [-0.4, -0.2) is 4.98 Å². The number of nitrogens with zero attached hydrogens (tertiary/aromatic N) is 1. The van der Waals surface area contributed by atoms with E-state index in [4.69, 9.17) is 0 Å². The van der Waals surface area contributed by atoms with Crippen molar-refractivity contribution in [3.05, 3.63) is 93.8 Å². The molecule has 3 aromatic rings. The predicted octanol–water partition coefficient (Wildman–Crippen LogP) is 4.89. The lowest BCUT2D eigenvalue weighted by molar-refractivity contribution is 0.886. The zero-order chi connectivity index (χ0) is 14.5. The van der Waals surface area contributed by atoms with E-state index in [0.29, 0.717) is 0 Å². The van der Waals surface area contributed by atoms with Gasteiger partial charge in [0, 0.05) is 15.5 Å². The summed E-state index contributed by atoms with van der Waals surface area (Å²) in [7, 11) is 0. The first-order chi connectivity index (χ1) is 10.3. The van der Waals surface area contributed by atoms with Crippen LogP contribution in [0.3, 0.4) is 0 Å². The summed E-state index contributed by atoms with van der Waals surface area (Å²) in [5, 5.41) is 3.61. The summed E-state index contributed by atoms with van der Waals surface area (Å²) in [5.41, 5.74) is 3.34. The smallest absolute Gasteiger partial charge is 0.0940 e. The van der Waals surface area contributed by atoms with Crippen LogP contribution in [0.25, 0.3) is 0 Å². The van der Waals surface area contributed by atoms with Crippen LogP contribution in [0.15, 0.2) is 79.0 Å². The minimum absolute atomic E-state index is 0.0447. The van der Waals surface area contributed by atoms with E-state index in [1.807, 2.05) is 36.5 Å². The maximum atomic E-state index is 4.52. The van der Waals surface area contributed by atoms with E-state index in [2.05, 4.69) is 75.4 Å². The second-order valence-corrected chi connectivity index (χ2v) is 5.88. The van der Waals surface area contributed by atoms with E-state index in [-0.39, 0.29) is 6.04 Å². The molecule has 1 unspecified atom stereocenters. The van der Waals surface area contributed by atoms with Crippen molar-refractivity contribution in [2.24, 2.45) is 0 Å². The van der Waals surface area contributed by atoms with Crippen molar-refractivity contribution < 1.29 is 0 Å². The summed E-state index contributed by atoms with van der Waals surface area (Å²) in [6.45, 7) is 0. The quantitative estimate of drug-likeness (QED) is 0.646. The number of nitrogens with one attached hydrogen (secondary N) is 1. The Labute approximate surface area is 138 Å². The standard InChI is InChI=1S/C18H15IN2/c19-15-10-4-5-11-16(15)21-18(14-8-2-1-3-9-14)17-12-6-7-13-20-17/h1-13,18,21H. The number of benzene rings is 2. The molecule has 0 spiro atoms. The number of halogens is 1. The molecule has 0 aliphatic rings. The molecule has 0 saturated carbocycles. The van der Waals surface area contributed by atoms with Crippen LogP contribution in [0.5, 0.6) is 0 Å². The Morgan fingerprint density at radius 1 is 0.810 bits per heavy atom. The van der Waals surface area contributed by atoms with Gasteiger partial charge < -0.3 is 5.32 Å². The van der Waals surface area contributed by atoms with Gasteiger partial charge in [0.25, 0.3) is 0 Å². The third kappa shape index (κ3) is 3.42. The minimum atomic E-state index is 0.0447. The lowest BCUT2D eigenvalue weighted by atomic mass is 10.0. The highest BCUT2D eigenvalue weighted by Crippen LogP contribution is 2.27. The Morgan fingerprint density at radius 2 is 1.52 bits per heavy atom. The second kappa shape index (κ2) is 6.72. The van der Waals surface area contributed by atoms with E-state index >= 15 is 0 Å². The largest absolute Gasteiger partial charge is 0.372 e. The number of pyridine rings is 1. The average Bonchev–Trinajstić information content (AvgIpc) is 2.56. The number of aromatic nitrogens is 1. The van der Waals surface area contributed by atoms with Crippen molar-refractivity contribution in [1.29, 1.82) is 0 Å². The molecule has 1 N–H and O–H groups in total. The lowest BCUT2D eigenvalue weighted by Crippen LogP contribution is -2.14. The van der Waals surface area contributed by atoms with Crippen molar-refractivity contribution in [2.45, 2.75) is 6.04 Å². The molecule has 2 aromatic carbocycles. The monoisotopic (exact) mass is 386 g/mol. The zero-order valence-electron chi connectivity index (χ0n) is 11.4. The number of rotatable bonds is 4. The van der Waals surface area contributed by atoms with Gasteiger partial charge in [0.05, 0.1) is 11.7 Å². The Kier molecular flexibility index (Phi) is 4.50. The average molecular weight is 386 g/mol. The Balaban J connectivity index is 1.99. The van der Waals surface area contributed by atoms with Gasteiger partial charge in [0.1, 0.15) is 0 Å². The van der Waals surface area contributed by atoms with Gasteiger partial charge in [-0.2, -0.15) is 0 Å². The highest BCUT2D eigenvalue weighted by atomic mass is 127. The van der Waals surface area contributed by atoms with Crippen LogP contribution in [0.4, 0.5) is 5.69 Å². The molecule has 0 bridgehead atoms. The molecule has 21 heavy (non-hydrogen) atoms. The first kappa shape index (κ1) is 14.1. The lowest BCUT2D eigenvalue weighted by Gasteiger charge is -2.21. The summed E-state index contributed by atoms with van der Waals surface area (Å²) in [5.74, 6) is 0. The van der Waals surface area contributed by atoms with E-state index in [1.165, 1.54) is 9.13 Å². The Hall–Kier alpha value is -1.88. The fraction of sp³-hybridized carbons (Fsp3) is 0.0556. The first-order valence-electron chi connectivity index (χ1n) is 6.81. The zero-order valence-corrected chi connectivity index (χ0v) is 13.6. The van der Waals surface area contributed by atoms with Crippen molar-refractivity contribution >= 4 is 28.3 Å². The summed E-state index contributed by atoms with van der Waals surface area (Å²) in [6.07, 6.45) is 1.84. The molecule has 1 aromatic heterocycles. The fourth-order valence-corrected chi connectivity index (χ4v) is 2.80. The van der Waals surface area contributed by atoms with Gasteiger partial charge in [0.15, 0.2) is 0 Å². The van der Waals surface area contributed by atoms with Crippen LogP contribution in [0.2, 0.25) is 0 Å². The second-order valence-electron chi connectivity index (χ2n) is 4.72. The summed E-state index contributed by atoms with van der Waals surface area (Å²) in [6, 6.07) is 24.8. The maximum Gasteiger partial charge on any atom is 0.0940 e. The highest BCUT2D eigenvalue weighted by Gasteiger charge is 2.15. The van der Waals surface area contributed by atoms with Crippen molar-refractivity contribution in [1.82, 2.24) is 4.98 Å². The first-order valence-corrected chi connectivity index (χ1v) is 7.89. The SMILES string of the molecule is Ic1ccccc1NC(c1ccccc1)c1ccccn1. The number of anilines is 1. The van der Waals surface area contributed by atoms with Crippen LogP contribution < -0.4 is 5.32 Å². The van der Waals surface area contributed by atoms with E-state index in [0.717, 1.165) is 11.4 Å². The molecule has 2 nitrogen and oxygen atoms in total.